The summed E-state index contributed by atoms with van der Waals surface area (Å²) in [5.74, 6) is 2.92. The molecule has 1 amide bonds. The van der Waals surface area contributed by atoms with Gasteiger partial charge in [0.2, 0.25) is 5.91 Å². The largest absolute Gasteiger partial charge is 0.353 e. The molecule has 1 aliphatic rings. The van der Waals surface area contributed by atoms with Gasteiger partial charge in [0.15, 0.2) is 5.16 Å². The van der Waals surface area contributed by atoms with Gasteiger partial charge in [0.25, 0.3) is 0 Å². The van der Waals surface area contributed by atoms with Crippen LogP contribution in [0.4, 0.5) is 0 Å². The number of aromatic nitrogens is 3. The van der Waals surface area contributed by atoms with Crippen LogP contribution in [0.2, 0.25) is 0 Å². The number of nitrogens with one attached hydrogen (secondary N) is 1. The topological polar surface area (TPSA) is 59.8 Å². The van der Waals surface area contributed by atoms with E-state index < -0.39 is 0 Å². The van der Waals surface area contributed by atoms with Gasteiger partial charge >= 0.3 is 0 Å². The molecule has 1 aromatic heterocycles. The number of carbonyl (C=O) groups excluding carboxylic acids is 1. The van der Waals surface area contributed by atoms with Crippen molar-refractivity contribution >= 4 is 17.7 Å². The average molecular weight is 339 g/mol. The molecule has 23 heavy (non-hydrogen) atoms. The van der Waals surface area contributed by atoms with Crippen molar-refractivity contribution in [3.63, 3.8) is 0 Å². The van der Waals surface area contributed by atoms with Crippen molar-refractivity contribution < 1.29 is 4.79 Å². The molecule has 1 N–H and O–H groups in total. The Bertz CT molecular complexity index is 511. The van der Waals surface area contributed by atoms with E-state index in [2.05, 4.69) is 47.8 Å². The number of carbonyl (C=O) groups is 1. The maximum atomic E-state index is 12.1. The third kappa shape index (κ3) is 5.83. The molecule has 2 rings (SSSR count). The fourth-order valence-corrected chi connectivity index (χ4v) is 3.52. The van der Waals surface area contributed by atoms with Crippen molar-refractivity contribution in [2.45, 2.75) is 83.5 Å². The van der Waals surface area contributed by atoms with E-state index in [4.69, 9.17) is 0 Å². The zero-order valence-corrected chi connectivity index (χ0v) is 15.7. The Balaban J connectivity index is 1.73. The first-order chi connectivity index (χ1) is 11.0. The van der Waals surface area contributed by atoms with Crippen LogP contribution >= 0.6 is 11.8 Å². The predicted octanol–water partition coefficient (Wildman–Crippen LogP) is 3.60. The van der Waals surface area contributed by atoms with E-state index in [0.717, 1.165) is 29.9 Å². The summed E-state index contributed by atoms with van der Waals surface area (Å²) in [4.78, 5) is 12.1. The summed E-state index contributed by atoms with van der Waals surface area (Å²) in [6.07, 6.45) is 5.87. The standard InChI is InChI=1S/C17H30N4OS/c1-5-21-16(14-9-10-14)19-20-17(21)23-11-15(22)18-13(4)8-6-7-12(2)3/h12-14H,5-11H2,1-4H3,(H,18,22). The summed E-state index contributed by atoms with van der Waals surface area (Å²) < 4.78 is 2.15. The third-order valence-electron chi connectivity index (χ3n) is 4.16. The van der Waals surface area contributed by atoms with E-state index in [1.165, 1.54) is 37.4 Å². The lowest BCUT2D eigenvalue weighted by Gasteiger charge is -2.14. The normalized spacial score (nSPS) is 15.9. The van der Waals surface area contributed by atoms with Crippen LogP contribution in [0.5, 0.6) is 0 Å². The zero-order valence-electron chi connectivity index (χ0n) is 14.8. The van der Waals surface area contributed by atoms with Crippen LogP contribution < -0.4 is 5.32 Å². The molecule has 1 saturated carbocycles. The van der Waals surface area contributed by atoms with Crippen LogP contribution in [0.1, 0.15) is 71.5 Å². The first-order valence-corrected chi connectivity index (χ1v) is 9.85. The second kappa shape index (κ2) is 8.71. The minimum atomic E-state index is 0.0886. The molecule has 0 aliphatic heterocycles. The minimum absolute atomic E-state index is 0.0886. The van der Waals surface area contributed by atoms with Gasteiger partial charge in [0.05, 0.1) is 5.75 Å². The molecular weight excluding hydrogens is 308 g/mol. The van der Waals surface area contributed by atoms with Gasteiger partial charge in [-0.1, -0.05) is 38.5 Å². The lowest BCUT2D eigenvalue weighted by molar-refractivity contribution is -0.119. The highest BCUT2D eigenvalue weighted by Gasteiger charge is 2.30. The highest BCUT2D eigenvalue weighted by Crippen LogP contribution is 2.39. The van der Waals surface area contributed by atoms with E-state index in [1.54, 1.807) is 0 Å². The number of hydrogen-bond donors (Lipinski definition) is 1. The number of hydrogen-bond acceptors (Lipinski definition) is 4. The van der Waals surface area contributed by atoms with Crippen LogP contribution in [-0.2, 0) is 11.3 Å². The van der Waals surface area contributed by atoms with Crippen molar-refractivity contribution in [2.24, 2.45) is 5.92 Å². The first-order valence-electron chi connectivity index (χ1n) is 8.86. The third-order valence-corrected chi connectivity index (χ3v) is 5.13. The average Bonchev–Trinajstić information content (AvgIpc) is 3.24. The number of thioether (sulfide) groups is 1. The first kappa shape index (κ1) is 18.3. The van der Waals surface area contributed by atoms with E-state index in [1.807, 2.05) is 0 Å². The van der Waals surface area contributed by atoms with Gasteiger partial charge < -0.3 is 9.88 Å². The van der Waals surface area contributed by atoms with Gasteiger partial charge in [-0.05, 0) is 39.0 Å². The SMILES string of the molecule is CCn1c(SCC(=O)NC(C)CCCC(C)C)nnc1C1CC1. The summed E-state index contributed by atoms with van der Waals surface area (Å²) in [5.41, 5.74) is 0. The second-order valence-electron chi connectivity index (χ2n) is 6.94. The summed E-state index contributed by atoms with van der Waals surface area (Å²) in [7, 11) is 0. The molecule has 0 bridgehead atoms. The van der Waals surface area contributed by atoms with Crippen LogP contribution in [0, 0.1) is 5.92 Å². The van der Waals surface area contributed by atoms with Crippen LogP contribution in [0.3, 0.4) is 0 Å². The van der Waals surface area contributed by atoms with Crippen molar-refractivity contribution in [3.8, 4) is 0 Å². The van der Waals surface area contributed by atoms with Crippen molar-refractivity contribution in [3.05, 3.63) is 5.82 Å². The molecule has 1 heterocycles. The zero-order chi connectivity index (χ0) is 16.8. The Kier molecular flexibility index (Phi) is 6.93. The van der Waals surface area contributed by atoms with E-state index in [0.29, 0.717) is 11.7 Å². The Morgan fingerprint density at radius 1 is 1.30 bits per heavy atom. The number of amides is 1. The van der Waals surface area contributed by atoms with E-state index >= 15 is 0 Å². The van der Waals surface area contributed by atoms with Crippen LogP contribution in [-0.4, -0.2) is 32.5 Å². The fraction of sp³-hybridized carbons (Fsp3) is 0.824. The predicted molar refractivity (Wildman–Crippen MR) is 94.7 cm³/mol. The Labute approximate surface area is 144 Å². The highest BCUT2D eigenvalue weighted by atomic mass is 32.2. The maximum absolute atomic E-state index is 12.1. The molecular formula is C17H30N4OS. The summed E-state index contributed by atoms with van der Waals surface area (Å²) in [6, 6.07) is 0.243. The smallest absolute Gasteiger partial charge is 0.230 e. The van der Waals surface area contributed by atoms with Crippen molar-refractivity contribution in [1.82, 2.24) is 20.1 Å². The summed E-state index contributed by atoms with van der Waals surface area (Å²) in [5, 5.41) is 12.5. The summed E-state index contributed by atoms with van der Waals surface area (Å²) in [6.45, 7) is 9.53. The van der Waals surface area contributed by atoms with Gasteiger partial charge in [0, 0.05) is 18.5 Å². The van der Waals surface area contributed by atoms with E-state index in [9.17, 15) is 4.79 Å². The molecule has 1 aliphatic carbocycles. The molecule has 0 saturated heterocycles. The molecule has 6 heteroatoms. The van der Waals surface area contributed by atoms with Gasteiger partial charge in [-0.15, -0.1) is 10.2 Å². The number of nitrogens with zero attached hydrogens (tertiary/aromatic N) is 3. The monoisotopic (exact) mass is 338 g/mol. The van der Waals surface area contributed by atoms with Crippen molar-refractivity contribution in [2.75, 3.05) is 5.75 Å². The molecule has 130 valence electrons. The van der Waals surface area contributed by atoms with E-state index in [-0.39, 0.29) is 11.9 Å². The maximum Gasteiger partial charge on any atom is 0.230 e. The number of rotatable bonds is 10. The highest BCUT2D eigenvalue weighted by molar-refractivity contribution is 7.99. The molecule has 1 aromatic rings. The molecule has 0 spiro atoms. The van der Waals surface area contributed by atoms with Gasteiger partial charge in [-0.2, -0.15) is 0 Å². The lowest BCUT2D eigenvalue weighted by atomic mass is 10.0. The molecule has 1 fully saturated rings. The Morgan fingerprint density at radius 3 is 2.65 bits per heavy atom. The molecule has 1 atom stereocenters. The van der Waals surface area contributed by atoms with Gasteiger partial charge in [0.1, 0.15) is 5.82 Å². The van der Waals surface area contributed by atoms with Crippen molar-refractivity contribution in [1.29, 1.82) is 0 Å². The second-order valence-corrected chi connectivity index (χ2v) is 7.88. The van der Waals surface area contributed by atoms with Crippen LogP contribution in [0.25, 0.3) is 0 Å². The molecule has 5 nitrogen and oxygen atoms in total. The lowest BCUT2D eigenvalue weighted by Crippen LogP contribution is -2.33. The summed E-state index contributed by atoms with van der Waals surface area (Å²) >= 11 is 1.49. The molecule has 0 aromatic carbocycles. The van der Waals surface area contributed by atoms with Crippen LogP contribution in [0.15, 0.2) is 5.16 Å². The van der Waals surface area contributed by atoms with Gasteiger partial charge in [-0.3, -0.25) is 4.79 Å². The minimum Gasteiger partial charge on any atom is -0.353 e. The fourth-order valence-electron chi connectivity index (χ4n) is 2.70. The molecule has 0 radical (unpaired) electrons. The van der Waals surface area contributed by atoms with Gasteiger partial charge in [-0.25, -0.2) is 0 Å². The quantitative estimate of drug-likeness (QED) is 0.662. The molecule has 1 unspecified atom stereocenters. The Morgan fingerprint density at radius 2 is 2.04 bits per heavy atom. The Hall–Kier alpha value is -1.04.